The van der Waals surface area contributed by atoms with Crippen molar-refractivity contribution in [2.24, 2.45) is 11.8 Å². The number of amides is 2. The molecular weight excluding hydrogens is 485 g/mol. The van der Waals surface area contributed by atoms with Crippen LogP contribution < -0.4 is 10.2 Å². The van der Waals surface area contributed by atoms with Gasteiger partial charge in [0.15, 0.2) is 0 Å². The number of carbonyl (C=O) groups excluding carboxylic acids is 2. The van der Waals surface area contributed by atoms with Gasteiger partial charge in [-0.3, -0.25) is 9.36 Å². The lowest BCUT2D eigenvalue weighted by Crippen LogP contribution is -2.35. The first kappa shape index (κ1) is 27.5. The van der Waals surface area contributed by atoms with Gasteiger partial charge in [-0.15, -0.1) is 0 Å². The number of nitrogens with one attached hydrogen (secondary N) is 1. The molecule has 0 saturated heterocycles. The number of hydrogen-bond donors (Lipinski definition) is 1. The minimum absolute atomic E-state index is 0.0219. The van der Waals surface area contributed by atoms with E-state index in [-0.39, 0.29) is 16.9 Å². The summed E-state index contributed by atoms with van der Waals surface area (Å²) in [6.07, 6.45) is 4.15. The molecule has 2 amide bonds. The molecule has 2 heterocycles. The largest absolute Gasteiger partial charge is 0.356 e. The zero-order valence-corrected chi connectivity index (χ0v) is 22.9. The number of pyridine rings is 1. The smallest absolute Gasteiger partial charge is 0.344 e. The van der Waals surface area contributed by atoms with Crippen molar-refractivity contribution in [2.75, 3.05) is 64.1 Å². The number of fused-ring (bicyclic) bond motifs is 1. The molecule has 0 bridgehead atoms. The van der Waals surface area contributed by atoms with Gasteiger partial charge >= 0.3 is 6.03 Å². The number of nitrogens with zero attached hydrogens (tertiary/aromatic N) is 6. The molecular formula is C28H38FN7O2. The standard InChI is InChI=1S/C28H38FN7O2/c1-6-32(3)14-15-35(7-2)19-21-17-24(21)27(37)31-26-18-23(10-12-30-26)33(4)22-8-9-25-20(16-22)11-13-36(25)28(38)34(5)29/h8-13,16,18,21,24H,6-7,14-15,17,19H2,1-5H3,(H,30,31,37). The van der Waals surface area contributed by atoms with E-state index < -0.39 is 6.03 Å². The molecule has 1 aromatic carbocycles. The molecule has 1 saturated carbocycles. The number of likely N-dealkylation sites (N-methyl/N-ethyl adjacent to an activating group) is 2. The summed E-state index contributed by atoms with van der Waals surface area (Å²) >= 11 is 0. The summed E-state index contributed by atoms with van der Waals surface area (Å²) < 4.78 is 14.6. The highest BCUT2D eigenvalue weighted by atomic mass is 19.2. The Morgan fingerprint density at radius 3 is 2.53 bits per heavy atom. The van der Waals surface area contributed by atoms with Gasteiger partial charge in [0.05, 0.1) is 5.52 Å². The van der Waals surface area contributed by atoms with Gasteiger partial charge in [0.2, 0.25) is 5.91 Å². The van der Waals surface area contributed by atoms with E-state index in [9.17, 15) is 14.1 Å². The van der Waals surface area contributed by atoms with Crippen LogP contribution in [0.25, 0.3) is 10.9 Å². The quantitative estimate of drug-likeness (QED) is 0.375. The summed E-state index contributed by atoms with van der Waals surface area (Å²) in [4.78, 5) is 36.0. The van der Waals surface area contributed by atoms with Crippen molar-refractivity contribution in [3.05, 3.63) is 48.8 Å². The molecule has 4 rings (SSSR count). The SMILES string of the molecule is CCN(C)CCN(CC)CC1CC1C(=O)Nc1cc(N(C)c2ccc3c(ccn3C(=O)N(C)F)c2)ccn1. The second-order valence-electron chi connectivity index (χ2n) is 10.0. The highest BCUT2D eigenvalue weighted by Gasteiger charge is 2.43. The lowest BCUT2D eigenvalue weighted by molar-refractivity contribution is -0.117. The molecule has 2 unspecified atom stereocenters. The Hall–Kier alpha value is -3.50. The maximum atomic E-state index is 13.4. The number of hydrogen-bond acceptors (Lipinski definition) is 6. The fourth-order valence-corrected chi connectivity index (χ4v) is 4.67. The number of halogens is 1. The van der Waals surface area contributed by atoms with Gasteiger partial charge in [0.1, 0.15) is 5.82 Å². The molecule has 2 aromatic heterocycles. The van der Waals surface area contributed by atoms with Crippen molar-refractivity contribution in [3.8, 4) is 0 Å². The molecule has 204 valence electrons. The zero-order chi connectivity index (χ0) is 27.4. The Morgan fingerprint density at radius 1 is 1.05 bits per heavy atom. The molecule has 10 heteroatoms. The molecule has 1 N–H and O–H groups in total. The Bertz CT molecular complexity index is 1280. The van der Waals surface area contributed by atoms with Gasteiger partial charge < -0.3 is 20.0 Å². The summed E-state index contributed by atoms with van der Waals surface area (Å²) in [5.41, 5.74) is 2.37. The van der Waals surface area contributed by atoms with Crippen LogP contribution in [-0.2, 0) is 4.79 Å². The van der Waals surface area contributed by atoms with Crippen LogP contribution in [0.1, 0.15) is 20.3 Å². The molecule has 1 aliphatic rings. The van der Waals surface area contributed by atoms with Crippen molar-refractivity contribution in [1.29, 1.82) is 0 Å². The molecule has 0 radical (unpaired) electrons. The average Bonchev–Trinajstić information content (AvgIpc) is 3.57. The first-order chi connectivity index (χ1) is 18.2. The van der Waals surface area contributed by atoms with Crippen LogP contribution in [-0.4, -0.2) is 90.3 Å². The molecule has 38 heavy (non-hydrogen) atoms. The van der Waals surface area contributed by atoms with Crippen LogP contribution in [0.5, 0.6) is 0 Å². The van der Waals surface area contributed by atoms with Crippen LogP contribution in [0, 0.1) is 11.8 Å². The van der Waals surface area contributed by atoms with E-state index in [1.165, 1.54) is 4.57 Å². The van der Waals surface area contributed by atoms with Crippen molar-refractivity contribution >= 4 is 40.0 Å². The molecule has 0 aliphatic heterocycles. The topological polar surface area (TPSA) is 77.0 Å². The third-order valence-electron chi connectivity index (χ3n) is 7.45. The highest BCUT2D eigenvalue weighted by Crippen LogP contribution is 2.40. The van der Waals surface area contributed by atoms with Crippen molar-refractivity contribution in [2.45, 2.75) is 20.3 Å². The van der Waals surface area contributed by atoms with Crippen molar-refractivity contribution in [1.82, 2.24) is 24.5 Å². The van der Waals surface area contributed by atoms with Gasteiger partial charge in [0.25, 0.3) is 0 Å². The summed E-state index contributed by atoms with van der Waals surface area (Å²) in [5.74, 6) is 0.949. The number of anilines is 3. The monoisotopic (exact) mass is 523 g/mol. The maximum absolute atomic E-state index is 13.4. The Labute approximate surface area is 223 Å². The average molecular weight is 524 g/mol. The third-order valence-corrected chi connectivity index (χ3v) is 7.45. The molecule has 3 aromatic rings. The van der Waals surface area contributed by atoms with Crippen LogP contribution in [0.3, 0.4) is 0 Å². The number of carbonyl (C=O) groups is 2. The first-order valence-electron chi connectivity index (χ1n) is 13.2. The van der Waals surface area contributed by atoms with Gasteiger partial charge in [-0.25, -0.2) is 9.78 Å². The van der Waals surface area contributed by atoms with Crippen molar-refractivity contribution < 1.29 is 14.1 Å². The van der Waals surface area contributed by atoms with Crippen LogP contribution in [0.4, 0.5) is 26.5 Å². The van der Waals surface area contributed by atoms with Gasteiger partial charge in [-0.05, 0) is 62.8 Å². The van der Waals surface area contributed by atoms with E-state index in [0.717, 1.165) is 63.0 Å². The third kappa shape index (κ3) is 6.31. The molecule has 1 aliphatic carbocycles. The zero-order valence-electron chi connectivity index (χ0n) is 22.9. The predicted octanol–water partition coefficient (Wildman–Crippen LogP) is 4.44. The van der Waals surface area contributed by atoms with Crippen LogP contribution in [0.15, 0.2) is 48.8 Å². The minimum atomic E-state index is -0.750. The molecule has 0 spiro atoms. The summed E-state index contributed by atoms with van der Waals surface area (Å²) in [7, 11) is 5.13. The Balaban J connectivity index is 1.37. The van der Waals surface area contributed by atoms with Crippen LogP contribution >= 0.6 is 0 Å². The lowest BCUT2D eigenvalue weighted by Gasteiger charge is -2.23. The normalized spacial score (nSPS) is 16.7. The van der Waals surface area contributed by atoms with Gasteiger partial charge in [-0.1, -0.05) is 18.3 Å². The Morgan fingerprint density at radius 2 is 1.82 bits per heavy atom. The highest BCUT2D eigenvalue weighted by molar-refractivity contribution is 5.95. The Kier molecular flexibility index (Phi) is 8.63. The number of rotatable bonds is 11. The number of aromatic nitrogens is 2. The first-order valence-corrected chi connectivity index (χ1v) is 13.2. The van der Waals surface area contributed by atoms with E-state index in [4.69, 9.17) is 0 Å². The van der Waals surface area contributed by atoms with E-state index in [0.29, 0.717) is 17.3 Å². The van der Waals surface area contributed by atoms with Crippen molar-refractivity contribution in [3.63, 3.8) is 0 Å². The van der Waals surface area contributed by atoms with E-state index in [1.54, 1.807) is 24.5 Å². The number of benzene rings is 1. The van der Waals surface area contributed by atoms with E-state index in [2.05, 4.69) is 41.0 Å². The lowest BCUT2D eigenvalue weighted by atomic mass is 10.2. The van der Waals surface area contributed by atoms with Crippen LogP contribution in [0.2, 0.25) is 0 Å². The minimum Gasteiger partial charge on any atom is -0.344 e. The molecule has 1 fully saturated rings. The molecule has 9 nitrogen and oxygen atoms in total. The summed E-state index contributed by atoms with van der Waals surface area (Å²) in [5, 5.41) is 3.87. The second-order valence-corrected chi connectivity index (χ2v) is 10.0. The fraction of sp³-hybridized carbons (Fsp3) is 0.464. The van der Waals surface area contributed by atoms with Gasteiger partial charge in [-0.2, -0.15) is 5.12 Å². The summed E-state index contributed by atoms with van der Waals surface area (Å²) in [6.45, 7) is 9.34. The van der Waals surface area contributed by atoms with Gasteiger partial charge in [0, 0.05) is 74.9 Å². The predicted molar refractivity (Wildman–Crippen MR) is 149 cm³/mol. The fourth-order valence-electron chi connectivity index (χ4n) is 4.67. The van der Waals surface area contributed by atoms with E-state index in [1.807, 2.05) is 36.2 Å². The second kappa shape index (κ2) is 11.9. The molecule has 2 atom stereocenters. The maximum Gasteiger partial charge on any atom is 0.356 e. The summed E-state index contributed by atoms with van der Waals surface area (Å²) in [6, 6.07) is 10.3. The van der Waals surface area contributed by atoms with E-state index >= 15 is 0 Å².